The largest absolute Gasteiger partial charge is 0.396 e. The topological polar surface area (TPSA) is 23.5 Å². The van der Waals surface area contributed by atoms with Crippen LogP contribution in [0.5, 0.6) is 0 Å². The first-order valence-corrected chi connectivity index (χ1v) is 7.89. The van der Waals surface area contributed by atoms with Crippen LogP contribution < -0.4 is 0 Å². The maximum atomic E-state index is 8.92. The molecular weight excluding hydrogens is 222 g/mol. The maximum Gasteiger partial charge on any atom is 0.0433 e. The zero-order valence-electron chi connectivity index (χ0n) is 12.9. The number of likely N-dealkylation sites (tertiary alicyclic amines) is 1. The first-order valence-electron chi connectivity index (χ1n) is 7.89. The van der Waals surface area contributed by atoms with Gasteiger partial charge < -0.3 is 10.0 Å². The van der Waals surface area contributed by atoms with Gasteiger partial charge in [0.2, 0.25) is 0 Å². The highest BCUT2D eigenvalue weighted by Gasteiger charge is 2.24. The molecule has 1 fully saturated rings. The van der Waals surface area contributed by atoms with Crippen molar-refractivity contribution in [2.24, 2.45) is 17.8 Å². The van der Waals surface area contributed by atoms with Gasteiger partial charge in [0.25, 0.3) is 0 Å². The molecule has 2 unspecified atom stereocenters. The minimum absolute atomic E-state index is 0.343. The van der Waals surface area contributed by atoms with E-state index in [2.05, 4.69) is 32.6 Å². The number of aliphatic hydroxyl groups is 1. The highest BCUT2D eigenvalue weighted by Crippen LogP contribution is 2.26. The van der Waals surface area contributed by atoms with Crippen molar-refractivity contribution in [2.75, 3.05) is 19.7 Å². The molecule has 0 amide bonds. The second kappa shape index (κ2) is 8.16. The third kappa shape index (κ3) is 5.27. The summed E-state index contributed by atoms with van der Waals surface area (Å²) in [6.07, 6.45) is 6.27. The van der Waals surface area contributed by atoms with Gasteiger partial charge >= 0.3 is 0 Å². The lowest BCUT2D eigenvalue weighted by atomic mass is 9.86. The van der Waals surface area contributed by atoms with Crippen LogP contribution >= 0.6 is 0 Å². The molecular formula is C16H33NO. The maximum absolute atomic E-state index is 8.92. The molecule has 1 heterocycles. The Hall–Kier alpha value is -0.0800. The fourth-order valence-electron chi connectivity index (χ4n) is 3.10. The van der Waals surface area contributed by atoms with E-state index in [-0.39, 0.29) is 0 Å². The molecule has 2 nitrogen and oxygen atoms in total. The van der Waals surface area contributed by atoms with E-state index >= 15 is 0 Å². The second-order valence-corrected chi connectivity index (χ2v) is 6.66. The molecule has 0 aliphatic carbocycles. The summed E-state index contributed by atoms with van der Waals surface area (Å²) >= 11 is 0. The van der Waals surface area contributed by atoms with Gasteiger partial charge in [-0.25, -0.2) is 0 Å². The van der Waals surface area contributed by atoms with Crippen LogP contribution in [0.2, 0.25) is 0 Å². The average Bonchev–Trinajstić information content (AvgIpc) is 2.36. The van der Waals surface area contributed by atoms with Gasteiger partial charge in [0, 0.05) is 12.6 Å². The predicted molar refractivity (Wildman–Crippen MR) is 78.7 cm³/mol. The van der Waals surface area contributed by atoms with E-state index in [1.807, 2.05) is 0 Å². The third-order valence-electron chi connectivity index (χ3n) is 4.84. The van der Waals surface area contributed by atoms with Gasteiger partial charge in [-0.15, -0.1) is 0 Å². The van der Waals surface area contributed by atoms with Gasteiger partial charge in [-0.2, -0.15) is 0 Å². The highest BCUT2D eigenvalue weighted by molar-refractivity contribution is 4.78. The number of aliphatic hydroxyl groups excluding tert-OH is 1. The quantitative estimate of drug-likeness (QED) is 0.752. The smallest absolute Gasteiger partial charge is 0.0433 e. The van der Waals surface area contributed by atoms with Crippen molar-refractivity contribution in [3.63, 3.8) is 0 Å². The fourth-order valence-corrected chi connectivity index (χ4v) is 3.10. The molecule has 1 aliphatic heterocycles. The Balaban J connectivity index is 2.21. The van der Waals surface area contributed by atoms with Crippen molar-refractivity contribution in [1.29, 1.82) is 0 Å². The Labute approximate surface area is 114 Å². The minimum Gasteiger partial charge on any atom is -0.396 e. The normalized spacial score (nSPS) is 22.3. The first-order chi connectivity index (χ1) is 8.54. The molecule has 1 saturated heterocycles. The van der Waals surface area contributed by atoms with E-state index in [1.165, 1.54) is 38.8 Å². The molecule has 18 heavy (non-hydrogen) atoms. The summed E-state index contributed by atoms with van der Waals surface area (Å²) < 4.78 is 0. The molecule has 0 bridgehead atoms. The summed E-state index contributed by atoms with van der Waals surface area (Å²) in [5.41, 5.74) is 0. The molecule has 1 N–H and O–H groups in total. The SMILES string of the molecule is CC(CCO)CCC(C)N1CCC(C(C)C)CC1. The monoisotopic (exact) mass is 255 g/mol. The van der Waals surface area contributed by atoms with Crippen LogP contribution in [-0.4, -0.2) is 35.7 Å². The van der Waals surface area contributed by atoms with Crippen LogP contribution in [0.1, 0.15) is 59.8 Å². The molecule has 0 spiro atoms. The van der Waals surface area contributed by atoms with E-state index in [0.29, 0.717) is 12.5 Å². The molecule has 1 aliphatic rings. The number of nitrogens with zero attached hydrogens (tertiary/aromatic N) is 1. The van der Waals surface area contributed by atoms with E-state index < -0.39 is 0 Å². The third-order valence-corrected chi connectivity index (χ3v) is 4.84. The lowest BCUT2D eigenvalue weighted by Crippen LogP contribution is -2.41. The van der Waals surface area contributed by atoms with Crippen molar-refractivity contribution >= 4 is 0 Å². The highest BCUT2D eigenvalue weighted by atomic mass is 16.3. The lowest BCUT2D eigenvalue weighted by molar-refractivity contribution is 0.113. The van der Waals surface area contributed by atoms with Crippen molar-refractivity contribution < 1.29 is 5.11 Å². The summed E-state index contributed by atoms with van der Waals surface area (Å²) in [5, 5.41) is 8.92. The Bertz CT molecular complexity index is 209. The van der Waals surface area contributed by atoms with Crippen molar-refractivity contribution in [2.45, 2.75) is 65.8 Å². The summed E-state index contributed by atoms with van der Waals surface area (Å²) in [5.74, 6) is 2.47. The van der Waals surface area contributed by atoms with E-state index in [9.17, 15) is 0 Å². The Kier molecular flexibility index (Phi) is 7.25. The molecule has 108 valence electrons. The van der Waals surface area contributed by atoms with Crippen molar-refractivity contribution in [1.82, 2.24) is 4.90 Å². The molecule has 0 aromatic heterocycles. The van der Waals surface area contributed by atoms with Gasteiger partial charge in [-0.05, 0) is 69.9 Å². The van der Waals surface area contributed by atoms with E-state index in [4.69, 9.17) is 5.11 Å². The van der Waals surface area contributed by atoms with Crippen LogP contribution in [0.25, 0.3) is 0 Å². The summed E-state index contributed by atoms with van der Waals surface area (Å²) in [4.78, 5) is 2.67. The lowest BCUT2D eigenvalue weighted by Gasteiger charge is -2.37. The van der Waals surface area contributed by atoms with Gasteiger partial charge in [-0.3, -0.25) is 0 Å². The minimum atomic E-state index is 0.343. The average molecular weight is 255 g/mol. The van der Waals surface area contributed by atoms with Gasteiger partial charge in [0.1, 0.15) is 0 Å². The Morgan fingerprint density at radius 3 is 2.11 bits per heavy atom. The molecule has 0 saturated carbocycles. The van der Waals surface area contributed by atoms with Crippen LogP contribution in [0, 0.1) is 17.8 Å². The second-order valence-electron chi connectivity index (χ2n) is 6.66. The first kappa shape index (κ1) is 16.0. The molecule has 2 atom stereocenters. The van der Waals surface area contributed by atoms with Gasteiger partial charge in [0.05, 0.1) is 0 Å². The number of hydrogen-bond donors (Lipinski definition) is 1. The number of piperidine rings is 1. The summed E-state index contributed by atoms with van der Waals surface area (Å²) in [6, 6.07) is 0.722. The summed E-state index contributed by atoms with van der Waals surface area (Å²) in [6.45, 7) is 12.3. The predicted octanol–water partition coefficient (Wildman–Crippen LogP) is 3.54. The Morgan fingerprint density at radius 2 is 1.61 bits per heavy atom. The molecule has 1 rings (SSSR count). The molecule has 0 aromatic rings. The zero-order valence-corrected chi connectivity index (χ0v) is 12.9. The van der Waals surface area contributed by atoms with Crippen molar-refractivity contribution in [3.05, 3.63) is 0 Å². The van der Waals surface area contributed by atoms with Crippen LogP contribution in [-0.2, 0) is 0 Å². The Morgan fingerprint density at radius 1 is 1.00 bits per heavy atom. The number of hydrogen-bond acceptors (Lipinski definition) is 2. The van der Waals surface area contributed by atoms with Gasteiger partial charge in [0.15, 0.2) is 0 Å². The summed E-state index contributed by atoms with van der Waals surface area (Å²) in [7, 11) is 0. The van der Waals surface area contributed by atoms with E-state index in [1.54, 1.807) is 0 Å². The molecule has 0 radical (unpaired) electrons. The van der Waals surface area contributed by atoms with Crippen LogP contribution in [0.4, 0.5) is 0 Å². The standard InChI is InChI=1S/C16H33NO/c1-13(2)16-7-10-17(11-8-16)15(4)6-5-14(3)9-12-18/h13-16,18H,5-12H2,1-4H3. The molecule has 0 aromatic carbocycles. The van der Waals surface area contributed by atoms with Crippen molar-refractivity contribution in [3.8, 4) is 0 Å². The van der Waals surface area contributed by atoms with Gasteiger partial charge in [-0.1, -0.05) is 20.8 Å². The van der Waals surface area contributed by atoms with Crippen LogP contribution in [0.3, 0.4) is 0 Å². The molecule has 2 heteroatoms. The zero-order chi connectivity index (χ0) is 13.5. The van der Waals surface area contributed by atoms with Crippen LogP contribution in [0.15, 0.2) is 0 Å². The van der Waals surface area contributed by atoms with E-state index in [0.717, 1.165) is 24.3 Å². The number of rotatable bonds is 7. The fraction of sp³-hybridized carbons (Fsp3) is 1.00.